The Balaban J connectivity index is 3.15. The summed E-state index contributed by atoms with van der Waals surface area (Å²) in [5.41, 5.74) is 5.61. The molecule has 1 aromatic carbocycles. The standard InChI is InChI=1S/C13H18ClN3O2S/c1-13(2,3)12(8-16)17-20(18,19)11-5-4-9(7-15)6-10(11)14/h4-6,12,17H,8,16H2,1-3H3. The lowest BCUT2D eigenvalue weighted by Crippen LogP contribution is -2.48. The highest BCUT2D eigenvalue weighted by Crippen LogP contribution is 2.25. The van der Waals surface area contributed by atoms with E-state index < -0.39 is 16.1 Å². The lowest BCUT2D eigenvalue weighted by Gasteiger charge is -2.30. The van der Waals surface area contributed by atoms with Gasteiger partial charge in [-0.05, 0) is 23.6 Å². The molecule has 7 heteroatoms. The first-order valence-corrected chi connectivity index (χ1v) is 7.90. The maximum atomic E-state index is 12.3. The third-order valence-corrected chi connectivity index (χ3v) is 4.88. The molecular weight excluding hydrogens is 298 g/mol. The maximum Gasteiger partial charge on any atom is 0.242 e. The molecule has 1 aromatic rings. The fourth-order valence-corrected chi connectivity index (χ4v) is 3.62. The molecule has 0 saturated carbocycles. The van der Waals surface area contributed by atoms with E-state index in [4.69, 9.17) is 22.6 Å². The van der Waals surface area contributed by atoms with Crippen LogP contribution in [-0.4, -0.2) is 21.0 Å². The van der Waals surface area contributed by atoms with Gasteiger partial charge in [-0.1, -0.05) is 32.4 Å². The molecular formula is C13H18ClN3O2S. The SMILES string of the molecule is CC(C)(C)C(CN)NS(=O)(=O)c1ccc(C#N)cc1Cl. The first-order chi connectivity index (χ1) is 9.11. The summed E-state index contributed by atoms with van der Waals surface area (Å²) in [5, 5.41) is 8.77. The molecule has 0 fully saturated rings. The Morgan fingerprint density at radius 3 is 2.45 bits per heavy atom. The first-order valence-electron chi connectivity index (χ1n) is 6.04. The zero-order valence-electron chi connectivity index (χ0n) is 11.6. The van der Waals surface area contributed by atoms with E-state index in [1.54, 1.807) is 0 Å². The number of nitrogens with zero attached hydrogens (tertiary/aromatic N) is 1. The van der Waals surface area contributed by atoms with Gasteiger partial charge >= 0.3 is 0 Å². The Morgan fingerprint density at radius 2 is 2.05 bits per heavy atom. The Labute approximate surface area is 124 Å². The summed E-state index contributed by atoms with van der Waals surface area (Å²) in [6.07, 6.45) is 0. The lowest BCUT2D eigenvalue weighted by atomic mass is 9.88. The fraction of sp³-hybridized carbons (Fsp3) is 0.462. The molecule has 0 aromatic heterocycles. The number of benzene rings is 1. The Bertz CT molecular complexity index is 630. The van der Waals surface area contributed by atoms with Crippen LogP contribution in [0.5, 0.6) is 0 Å². The fourth-order valence-electron chi connectivity index (χ4n) is 1.62. The highest BCUT2D eigenvalue weighted by atomic mass is 35.5. The minimum atomic E-state index is -3.78. The predicted octanol–water partition coefficient (Wildman–Crippen LogP) is 1.86. The second kappa shape index (κ2) is 6.10. The van der Waals surface area contributed by atoms with E-state index in [9.17, 15) is 8.42 Å². The summed E-state index contributed by atoms with van der Waals surface area (Å²) in [5.74, 6) is 0. The van der Waals surface area contributed by atoms with Gasteiger partial charge in [-0.2, -0.15) is 5.26 Å². The monoisotopic (exact) mass is 315 g/mol. The number of hydrogen-bond acceptors (Lipinski definition) is 4. The smallest absolute Gasteiger partial charge is 0.242 e. The zero-order valence-corrected chi connectivity index (χ0v) is 13.2. The summed E-state index contributed by atoms with van der Waals surface area (Å²) >= 11 is 5.93. The molecule has 0 amide bonds. The van der Waals surface area contributed by atoms with Crippen molar-refractivity contribution in [2.24, 2.45) is 11.1 Å². The van der Waals surface area contributed by atoms with E-state index in [0.717, 1.165) is 0 Å². The molecule has 3 N–H and O–H groups in total. The molecule has 0 aliphatic rings. The van der Waals surface area contributed by atoms with Crippen LogP contribution in [0.1, 0.15) is 26.3 Å². The molecule has 0 aliphatic carbocycles. The molecule has 110 valence electrons. The van der Waals surface area contributed by atoms with Crippen molar-refractivity contribution in [3.63, 3.8) is 0 Å². The van der Waals surface area contributed by atoms with Gasteiger partial charge in [0.05, 0.1) is 16.7 Å². The number of hydrogen-bond donors (Lipinski definition) is 2. The van der Waals surface area contributed by atoms with Crippen molar-refractivity contribution in [1.29, 1.82) is 5.26 Å². The van der Waals surface area contributed by atoms with E-state index in [1.807, 2.05) is 26.8 Å². The van der Waals surface area contributed by atoms with Gasteiger partial charge in [0, 0.05) is 12.6 Å². The van der Waals surface area contributed by atoms with Crippen molar-refractivity contribution in [1.82, 2.24) is 4.72 Å². The van der Waals surface area contributed by atoms with Gasteiger partial charge in [-0.3, -0.25) is 0 Å². The van der Waals surface area contributed by atoms with Gasteiger partial charge in [0.2, 0.25) is 10.0 Å². The molecule has 0 saturated heterocycles. The third kappa shape index (κ3) is 3.93. The molecule has 1 unspecified atom stereocenters. The number of sulfonamides is 1. The van der Waals surface area contributed by atoms with Crippen LogP contribution in [0.2, 0.25) is 5.02 Å². The topological polar surface area (TPSA) is 96.0 Å². The summed E-state index contributed by atoms with van der Waals surface area (Å²) in [7, 11) is -3.78. The minimum Gasteiger partial charge on any atom is -0.329 e. The minimum absolute atomic E-state index is 0.0150. The van der Waals surface area contributed by atoms with E-state index in [1.165, 1.54) is 18.2 Å². The van der Waals surface area contributed by atoms with Crippen LogP contribution in [0.25, 0.3) is 0 Å². The molecule has 5 nitrogen and oxygen atoms in total. The summed E-state index contributed by atoms with van der Waals surface area (Å²) < 4.78 is 27.2. The van der Waals surface area contributed by atoms with Gasteiger partial charge in [-0.25, -0.2) is 13.1 Å². The quantitative estimate of drug-likeness (QED) is 0.886. The van der Waals surface area contributed by atoms with E-state index >= 15 is 0 Å². The number of rotatable bonds is 4. The molecule has 20 heavy (non-hydrogen) atoms. The number of nitriles is 1. The summed E-state index contributed by atoms with van der Waals surface area (Å²) in [4.78, 5) is -0.0548. The second-order valence-corrected chi connectivity index (χ2v) is 7.62. The van der Waals surface area contributed by atoms with Crippen molar-refractivity contribution in [3.8, 4) is 6.07 Å². The van der Waals surface area contributed by atoms with Crippen LogP contribution in [0, 0.1) is 16.7 Å². The van der Waals surface area contributed by atoms with Crippen molar-refractivity contribution in [3.05, 3.63) is 28.8 Å². The van der Waals surface area contributed by atoms with Gasteiger partial charge in [0.25, 0.3) is 0 Å². The molecule has 0 aliphatic heterocycles. The predicted molar refractivity (Wildman–Crippen MR) is 78.8 cm³/mol. The van der Waals surface area contributed by atoms with Crippen molar-refractivity contribution < 1.29 is 8.42 Å². The average Bonchev–Trinajstić information content (AvgIpc) is 2.34. The molecule has 0 bridgehead atoms. The highest BCUT2D eigenvalue weighted by Gasteiger charge is 2.29. The lowest BCUT2D eigenvalue weighted by molar-refractivity contribution is 0.304. The number of nitrogens with one attached hydrogen (secondary N) is 1. The number of halogens is 1. The Kier molecular flexibility index (Phi) is 5.16. The molecule has 0 spiro atoms. The van der Waals surface area contributed by atoms with Crippen molar-refractivity contribution in [2.45, 2.75) is 31.7 Å². The van der Waals surface area contributed by atoms with Crippen LogP contribution >= 0.6 is 11.6 Å². The molecule has 1 atom stereocenters. The zero-order chi connectivity index (χ0) is 15.6. The molecule has 0 heterocycles. The van der Waals surface area contributed by atoms with Gasteiger partial charge in [0.1, 0.15) is 4.90 Å². The van der Waals surface area contributed by atoms with Gasteiger partial charge in [-0.15, -0.1) is 0 Å². The van der Waals surface area contributed by atoms with Crippen LogP contribution < -0.4 is 10.5 Å². The van der Waals surface area contributed by atoms with E-state index in [2.05, 4.69) is 4.72 Å². The molecule has 1 rings (SSSR count). The Morgan fingerprint density at radius 1 is 1.45 bits per heavy atom. The normalized spacial score (nSPS) is 13.8. The highest BCUT2D eigenvalue weighted by molar-refractivity contribution is 7.89. The van der Waals surface area contributed by atoms with Crippen molar-refractivity contribution in [2.75, 3.05) is 6.54 Å². The van der Waals surface area contributed by atoms with Crippen LogP contribution in [0.4, 0.5) is 0 Å². The van der Waals surface area contributed by atoms with Gasteiger partial charge in [0.15, 0.2) is 0 Å². The third-order valence-electron chi connectivity index (χ3n) is 2.93. The largest absolute Gasteiger partial charge is 0.329 e. The van der Waals surface area contributed by atoms with Crippen LogP contribution in [0.3, 0.4) is 0 Å². The average molecular weight is 316 g/mol. The summed E-state index contributed by atoms with van der Waals surface area (Å²) in [6.45, 7) is 5.87. The molecule has 0 radical (unpaired) electrons. The van der Waals surface area contributed by atoms with Crippen LogP contribution in [0.15, 0.2) is 23.1 Å². The van der Waals surface area contributed by atoms with E-state index in [0.29, 0.717) is 5.56 Å². The maximum absolute atomic E-state index is 12.3. The Hall–Kier alpha value is -1.13. The van der Waals surface area contributed by atoms with E-state index in [-0.39, 0.29) is 21.9 Å². The first kappa shape index (κ1) is 16.9. The van der Waals surface area contributed by atoms with Gasteiger partial charge < -0.3 is 5.73 Å². The number of nitrogens with two attached hydrogens (primary N) is 1. The summed E-state index contributed by atoms with van der Waals surface area (Å²) in [6, 6.07) is 5.54. The second-order valence-electron chi connectivity index (χ2n) is 5.53. The van der Waals surface area contributed by atoms with Crippen LogP contribution in [-0.2, 0) is 10.0 Å². The van der Waals surface area contributed by atoms with Crippen molar-refractivity contribution >= 4 is 21.6 Å².